The summed E-state index contributed by atoms with van der Waals surface area (Å²) in [6.07, 6.45) is 0. The maximum atomic E-state index is 13.7. The predicted molar refractivity (Wildman–Crippen MR) is 232 cm³/mol. The van der Waals surface area contributed by atoms with Gasteiger partial charge in [0.25, 0.3) is 11.8 Å². The zero-order chi connectivity index (χ0) is 43.6. The second-order valence-corrected chi connectivity index (χ2v) is 15.1. The number of nitrogens with one attached hydrogen (secondary N) is 2. The molecule has 4 unspecified atom stereocenters. The highest BCUT2D eigenvalue weighted by Crippen LogP contribution is 2.45. The van der Waals surface area contributed by atoms with Crippen LogP contribution >= 0.6 is 11.3 Å². The molecule has 0 aliphatic carbocycles. The molecule has 6 N–H and O–H groups in total. The Kier molecular flexibility index (Phi) is 14.4. The summed E-state index contributed by atoms with van der Waals surface area (Å²) in [4.78, 5) is 69.7. The number of nitrogen functional groups attached to an aromatic ring is 1. The number of hydrogen-bond donors (Lipinski definition) is 4. The van der Waals surface area contributed by atoms with E-state index in [0.29, 0.717) is 64.0 Å². The molecule has 16 heteroatoms. The molecule has 0 saturated heterocycles. The van der Waals surface area contributed by atoms with Gasteiger partial charge in [-0.2, -0.15) is 0 Å². The molecule has 15 nitrogen and oxygen atoms in total. The van der Waals surface area contributed by atoms with Crippen LogP contribution in [0.3, 0.4) is 0 Å². The molecule has 7 rings (SSSR count). The fraction of sp³-hybridized carbons (Fsp3) is 0.267. The van der Waals surface area contributed by atoms with Gasteiger partial charge in [0.05, 0.1) is 45.3 Å². The van der Waals surface area contributed by atoms with Crippen LogP contribution in [0, 0.1) is 0 Å². The number of carbonyl (C=O) groups excluding carboxylic acids is 5. The Morgan fingerprint density at radius 1 is 0.656 bits per heavy atom. The lowest BCUT2D eigenvalue weighted by Crippen LogP contribution is -2.57. The highest BCUT2D eigenvalue weighted by Gasteiger charge is 2.47. The molecule has 318 valence electrons. The monoisotopic (exact) mass is 848 g/mol. The highest BCUT2D eigenvalue weighted by atomic mass is 32.1. The lowest BCUT2D eigenvalue weighted by Gasteiger charge is -2.41. The summed E-state index contributed by atoms with van der Waals surface area (Å²) in [5.41, 5.74) is 15.2. The van der Waals surface area contributed by atoms with Crippen molar-refractivity contribution >= 4 is 57.9 Å². The van der Waals surface area contributed by atoms with E-state index in [-0.39, 0.29) is 30.9 Å². The van der Waals surface area contributed by atoms with Gasteiger partial charge in [0.1, 0.15) is 17.5 Å². The van der Waals surface area contributed by atoms with Crippen molar-refractivity contribution < 1.29 is 42.9 Å². The van der Waals surface area contributed by atoms with Gasteiger partial charge < -0.3 is 50.8 Å². The summed E-state index contributed by atoms with van der Waals surface area (Å²) in [6, 6.07) is 28.3. The van der Waals surface area contributed by atoms with E-state index in [2.05, 4.69) is 10.6 Å². The summed E-state index contributed by atoms with van der Waals surface area (Å²) in [6.45, 7) is 1.06. The van der Waals surface area contributed by atoms with Crippen LogP contribution in [0.1, 0.15) is 54.6 Å². The number of primary amides is 1. The molecule has 0 radical (unpaired) electrons. The molecule has 0 fully saturated rings. The first kappa shape index (κ1) is 43.8. The maximum Gasteiger partial charge on any atom is 0.254 e. The SMILES string of the molecule is COCCN1C(=O)c2cc(N)ccc2C(C(=O)Nc2cccc(OC)c2)C1c1cccs1.COCCN1C(=O)c2ccccc2C(C(=O)Nc2cccc(OC)c2)C1C(N)=O. The molecule has 0 spiro atoms. The number of anilines is 3. The number of ether oxygens (including phenoxy) is 4. The Labute approximate surface area is 357 Å². The normalized spacial score (nSPS) is 17.9. The van der Waals surface area contributed by atoms with E-state index < -0.39 is 35.7 Å². The van der Waals surface area contributed by atoms with Gasteiger partial charge in [0, 0.05) is 72.5 Å². The first-order valence-electron chi connectivity index (χ1n) is 19.3. The number of carbonyl (C=O) groups is 5. The molecule has 61 heavy (non-hydrogen) atoms. The van der Waals surface area contributed by atoms with Crippen LogP contribution < -0.4 is 31.6 Å². The van der Waals surface area contributed by atoms with Crippen molar-refractivity contribution in [1.29, 1.82) is 0 Å². The topological polar surface area (TPSA) is 205 Å². The van der Waals surface area contributed by atoms with Crippen LogP contribution in [0.15, 0.2) is 109 Å². The largest absolute Gasteiger partial charge is 0.497 e. The average Bonchev–Trinajstić information content (AvgIpc) is 3.81. The van der Waals surface area contributed by atoms with Crippen LogP contribution in [0.25, 0.3) is 0 Å². The molecule has 5 amide bonds. The van der Waals surface area contributed by atoms with Crippen molar-refractivity contribution in [3.05, 3.63) is 136 Å². The summed E-state index contributed by atoms with van der Waals surface area (Å²) in [5, 5.41) is 7.77. The van der Waals surface area contributed by atoms with E-state index in [1.165, 1.54) is 30.5 Å². The zero-order valence-electron chi connectivity index (χ0n) is 34.2. The highest BCUT2D eigenvalue weighted by molar-refractivity contribution is 7.10. The van der Waals surface area contributed by atoms with Crippen LogP contribution in [0.4, 0.5) is 17.1 Å². The standard InChI is InChI=1S/C24H25N3O4S.C21H23N3O5/c1-30-11-10-27-22(20-7-4-12-32-20)21(18-9-8-15(25)13-19(18)24(27)29)23(28)26-16-5-3-6-17(14-16)31-2;1-28-11-10-24-18(19(22)25)17(15-8-3-4-9-16(15)21(24)27)20(26)23-13-6-5-7-14(12-13)29-2/h3-9,12-14,21-22H,10-11,25H2,1-2H3,(H,26,28);3-9,12,17-18H,10-11H2,1-2H3,(H2,22,25)(H,23,26). The van der Waals surface area contributed by atoms with Gasteiger partial charge in [-0.05, 0) is 65.0 Å². The molecule has 3 heterocycles. The fourth-order valence-corrected chi connectivity index (χ4v) is 8.50. The minimum atomic E-state index is -1.13. The van der Waals surface area contributed by atoms with Crippen molar-refractivity contribution in [2.45, 2.75) is 23.9 Å². The Hall–Kier alpha value is -6.75. The number of hydrogen-bond acceptors (Lipinski definition) is 11. The van der Waals surface area contributed by atoms with E-state index in [1.54, 1.807) is 98.0 Å². The minimum absolute atomic E-state index is 0.139. The first-order chi connectivity index (χ1) is 29.5. The molecule has 4 atom stereocenters. The summed E-state index contributed by atoms with van der Waals surface area (Å²) >= 11 is 1.52. The Morgan fingerprint density at radius 3 is 1.80 bits per heavy atom. The molecule has 4 aromatic carbocycles. The van der Waals surface area contributed by atoms with Crippen LogP contribution in [-0.2, 0) is 23.9 Å². The number of nitrogens with two attached hydrogens (primary N) is 2. The van der Waals surface area contributed by atoms with Gasteiger partial charge in [-0.25, -0.2) is 0 Å². The van der Waals surface area contributed by atoms with E-state index in [1.807, 2.05) is 29.6 Å². The van der Waals surface area contributed by atoms with Crippen molar-refractivity contribution in [3.8, 4) is 11.5 Å². The number of methoxy groups -OCH3 is 4. The molecular weight excluding hydrogens is 801 g/mol. The number of benzene rings is 4. The second kappa shape index (κ2) is 20.0. The number of rotatable bonds is 14. The molecule has 2 aliphatic rings. The van der Waals surface area contributed by atoms with Gasteiger partial charge >= 0.3 is 0 Å². The van der Waals surface area contributed by atoms with Gasteiger partial charge in [-0.1, -0.05) is 42.5 Å². The predicted octanol–water partition coefficient (Wildman–Crippen LogP) is 5.28. The van der Waals surface area contributed by atoms with Crippen LogP contribution in [0.5, 0.6) is 11.5 Å². The van der Waals surface area contributed by atoms with E-state index in [0.717, 1.165) is 4.88 Å². The Morgan fingerprint density at radius 2 is 1.23 bits per heavy atom. The lowest BCUT2D eigenvalue weighted by molar-refractivity contribution is -0.129. The fourth-order valence-electron chi connectivity index (χ4n) is 7.62. The summed E-state index contributed by atoms with van der Waals surface area (Å²) in [7, 11) is 6.19. The number of amides is 5. The van der Waals surface area contributed by atoms with E-state index >= 15 is 0 Å². The molecular formula is C45H48N6O9S. The molecule has 0 bridgehead atoms. The molecule has 5 aromatic rings. The summed E-state index contributed by atoms with van der Waals surface area (Å²) in [5.74, 6) is -2.27. The van der Waals surface area contributed by atoms with Gasteiger partial charge in [0.15, 0.2) is 0 Å². The quantitative estimate of drug-likeness (QED) is 0.107. The number of fused-ring (bicyclic) bond motifs is 2. The molecule has 1 aromatic heterocycles. The van der Waals surface area contributed by atoms with E-state index in [4.69, 9.17) is 30.4 Å². The summed E-state index contributed by atoms with van der Waals surface area (Å²) < 4.78 is 20.8. The third-order valence-electron chi connectivity index (χ3n) is 10.4. The van der Waals surface area contributed by atoms with Crippen LogP contribution in [0.2, 0.25) is 0 Å². The molecule has 2 aliphatic heterocycles. The van der Waals surface area contributed by atoms with Gasteiger partial charge in [-0.15, -0.1) is 11.3 Å². The second-order valence-electron chi connectivity index (χ2n) is 14.1. The van der Waals surface area contributed by atoms with Crippen molar-refractivity contribution in [3.63, 3.8) is 0 Å². The van der Waals surface area contributed by atoms with Crippen molar-refractivity contribution in [1.82, 2.24) is 9.80 Å². The zero-order valence-corrected chi connectivity index (χ0v) is 35.0. The number of thiophene rings is 1. The number of nitrogens with zero attached hydrogens (tertiary/aromatic N) is 2. The smallest absolute Gasteiger partial charge is 0.254 e. The van der Waals surface area contributed by atoms with Gasteiger partial charge in [-0.3, -0.25) is 24.0 Å². The Balaban J connectivity index is 0.000000205. The van der Waals surface area contributed by atoms with Crippen molar-refractivity contribution in [2.75, 3.05) is 71.1 Å². The Bertz CT molecular complexity index is 2370. The first-order valence-corrected chi connectivity index (χ1v) is 20.2. The third-order valence-corrected chi connectivity index (χ3v) is 11.4. The van der Waals surface area contributed by atoms with Crippen molar-refractivity contribution in [2.24, 2.45) is 5.73 Å². The van der Waals surface area contributed by atoms with Gasteiger partial charge in [0.2, 0.25) is 17.7 Å². The average molecular weight is 849 g/mol. The lowest BCUT2D eigenvalue weighted by atomic mass is 9.81. The van der Waals surface area contributed by atoms with E-state index in [9.17, 15) is 24.0 Å². The minimum Gasteiger partial charge on any atom is -0.497 e. The van der Waals surface area contributed by atoms with Crippen LogP contribution in [-0.4, -0.2) is 100 Å². The third kappa shape index (κ3) is 9.67. The molecule has 0 saturated carbocycles. The maximum absolute atomic E-state index is 13.7.